The van der Waals surface area contributed by atoms with Gasteiger partial charge in [-0.25, -0.2) is 4.98 Å². The van der Waals surface area contributed by atoms with Gasteiger partial charge in [0, 0.05) is 26.6 Å². The third-order valence-corrected chi connectivity index (χ3v) is 5.13. The summed E-state index contributed by atoms with van der Waals surface area (Å²) in [4.78, 5) is 33.2. The Bertz CT molecular complexity index is 714. The van der Waals surface area contributed by atoms with Crippen LogP contribution in [-0.4, -0.2) is 46.2 Å². The fraction of sp³-hybridized carbons (Fsp3) is 0.353. The summed E-state index contributed by atoms with van der Waals surface area (Å²) in [5, 5.41) is 0. The van der Waals surface area contributed by atoms with E-state index in [0.717, 1.165) is 11.3 Å². The highest BCUT2D eigenvalue weighted by atomic mass is 32.1. The van der Waals surface area contributed by atoms with Crippen molar-refractivity contribution in [1.82, 2.24) is 14.8 Å². The minimum absolute atomic E-state index is 0.00190. The standard InChI is InChI=1S/C17H19N3O2S/c1-12-16(23-11-18-12)17(22)20-9-8-19(13(2)21)10-15(20)14-6-4-3-5-7-14/h3-7,11,15H,8-10H2,1-2H3/t15-/m1/s1. The van der Waals surface area contributed by atoms with Gasteiger partial charge in [0.25, 0.3) is 5.91 Å². The second kappa shape index (κ2) is 6.50. The molecule has 2 aromatic rings. The zero-order chi connectivity index (χ0) is 16.4. The van der Waals surface area contributed by atoms with Crippen molar-refractivity contribution in [2.24, 2.45) is 0 Å². The van der Waals surface area contributed by atoms with Crippen LogP contribution in [0.1, 0.15) is 33.9 Å². The van der Waals surface area contributed by atoms with Crippen molar-refractivity contribution < 1.29 is 9.59 Å². The van der Waals surface area contributed by atoms with Crippen molar-refractivity contribution in [3.8, 4) is 0 Å². The molecule has 0 bridgehead atoms. The number of carbonyl (C=O) groups is 2. The van der Waals surface area contributed by atoms with Crippen molar-refractivity contribution >= 4 is 23.2 Å². The SMILES string of the molecule is CC(=O)N1CCN(C(=O)c2scnc2C)[C@@H](c2ccccc2)C1. The lowest BCUT2D eigenvalue weighted by atomic mass is 10.0. The maximum Gasteiger partial charge on any atom is 0.266 e. The van der Waals surface area contributed by atoms with Crippen LogP contribution in [0, 0.1) is 6.92 Å². The van der Waals surface area contributed by atoms with E-state index in [-0.39, 0.29) is 17.9 Å². The van der Waals surface area contributed by atoms with Gasteiger partial charge in [0.1, 0.15) is 4.88 Å². The molecule has 2 heterocycles. The molecular weight excluding hydrogens is 310 g/mol. The summed E-state index contributed by atoms with van der Waals surface area (Å²) in [6.07, 6.45) is 0. The Morgan fingerprint density at radius 1 is 1.22 bits per heavy atom. The van der Waals surface area contributed by atoms with Crippen molar-refractivity contribution in [1.29, 1.82) is 0 Å². The van der Waals surface area contributed by atoms with Gasteiger partial charge >= 0.3 is 0 Å². The molecule has 0 unspecified atom stereocenters. The summed E-state index contributed by atoms with van der Waals surface area (Å²) in [6.45, 7) is 5.07. The predicted octanol–water partition coefficient (Wildman–Crippen LogP) is 2.50. The summed E-state index contributed by atoms with van der Waals surface area (Å²) in [7, 11) is 0. The van der Waals surface area contributed by atoms with Crippen LogP contribution >= 0.6 is 11.3 Å². The van der Waals surface area contributed by atoms with Gasteiger partial charge in [-0.3, -0.25) is 9.59 Å². The Kier molecular flexibility index (Phi) is 4.43. The Balaban J connectivity index is 1.92. The minimum Gasteiger partial charge on any atom is -0.339 e. The lowest BCUT2D eigenvalue weighted by molar-refractivity contribution is -0.131. The molecule has 1 aliphatic rings. The molecule has 0 spiro atoms. The maximum atomic E-state index is 12.9. The maximum absolute atomic E-state index is 12.9. The van der Waals surface area contributed by atoms with Crippen molar-refractivity contribution in [3.63, 3.8) is 0 Å². The molecule has 120 valence electrons. The highest BCUT2D eigenvalue weighted by Crippen LogP contribution is 2.28. The lowest BCUT2D eigenvalue weighted by Gasteiger charge is -2.41. The van der Waals surface area contributed by atoms with E-state index in [9.17, 15) is 9.59 Å². The zero-order valence-corrected chi connectivity index (χ0v) is 14.0. The van der Waals surface area contributed by atoms with Crippen molar-refractivity contribution in [2.45, 2.75) is 19.9 Å². The number of benzene rings is 1. The van der Waals surface area contributed by atoms with Crippen LogP contribution in [0.4, 0.5) is 0 Å². The van der Waals surface area contributed by atoms with Crippen LogP contribution < -0.4 is 0 Å². The molecule has 3 rings (SSSR count). The number of amides is 2. The third-order valence-electron chi connectivity index (χ3n) is 4.21. The van der Waals surface area contributed by atoms with E-state index >= 15 is 0 Å². The van der Waals surface area contributed by atoms with E-state index in [1.807, 2.05) is 42.2 Å². The molecule has 1 aliphatic heterocycles. The molecule has 1 fully saturated rings. The molecule has 23 heavy (non-hydrogen) atoms. The fourth-order valence-corrected chi connectivity index (χ4v) is 3.67. The van der Waals surface area contributed by atoms with E-state index < -0.39 is 0 Å². The average molecular weight is 329 g/mol. The Labute approximate surface area is 139 Å². The molecule has 0 N–H and O–H groups in total. The second-order valence-electron chi connectivity index (χ2n) is 5.66. The molecule has 1 atom stereocenters. The largest absolute Gasteiger partial charge is 0.339 e. The normalized spacial score (nSPS) is 18.1. The van der Waals surface area contributed by atoms with Gasteiger partial charge < -0.3 is 9.80 Å². The molecule has 1 saturated heterocycles. The quantitative estimate of drug-likeness (QED) is 0.850. The van der Waals surface area contributed by atoms with E-state index in [2.05, 4.69) is 4.98 Å². The number of carbonyl (C=O) groups excluding carboxylic acids is 2. The fourth-order valence-electron chi connectivity index (χ4n) is 2.91. The molecule has 1 aromatic carbocycles. The molecule has 6 heteroatoms. The lowest BCUT2D eigenvalue weighted by Crippen LogP contribution is -2.51. The molecule has 0 aliphatic carbocycles. The number of piperazine rings is 1. The first-order valence-electron chi connectivity index (χ1n) is 7.59. The second-order valence-corrected chi connectivity index (χ2v) is 6.51. The molecule has 2 amide bonds. The van der Waals surface area contributed by atoms with Crippen LogP contribution in [0.3, 0.4) is 0 Å². The molecule has 0 radical (unpaired) electrons. The van der Waals surface area contributed by atoms with Crippen molar-refractivity contribution in [3.05, 3.63) is 52.0 Å². The first kappa shape index (κ1) is 15.7. The Morgan fingerprint density at radius 3 is 2.57 bits per heavy atom. The molecular formula is C17H19N3O2S. The monoisotopic (exact) mass is 329 g/mol. The highest BCUT2D eigenvalue weighted by Gasteiger charge is 2.34. The van der Waals surface area contributed by atoms with E-state index in [1.54, 1.807) is 17.3 Å². The van der Waals surface area contributed by atoms with E-state index in [1.165, 1.54) is 11.3 Å². The van der Waals surface area contributed by atoms with E-state index in [0.29, 0.717) is 24.5 Å². The first-order valence-corrected chi connectivity index (χ1v) is 8.47. The first-order chi connectivity index (χ1) is 11.1. The Hall–Kier alpha value is -2.21. The van der Waals surface area contributed by atoms with Crippen LogP contribution in [0.5, 0.6) is 0 Å². The number of nitrogens with zero attached hydrogens (tertiary/aromatic N) is 3. The highest BCUT2D eigenvalue weighted by molar-refractivity contribution is 7.11. The summed E-state index contributed by atoms with van der Waals surface area (Å²) >= 11 is 1.37. The van der Waals surface area contributed by atoms with Crippen LogP contribution in [0.25, 0.3) is 0 Å². The number of hydrogen-bond acceptors (Lipinski definition) is 4. The van der Waals surface area contributed by atoms with Gasteiger partial charge in [-0.05, 0) is 12.5 Å². The van der Waals surface area contributed by atoms with Gasteiger partial charge in [-0.2, -0.15) is 0 Å². The van der Waals surface area contributed by atoms with Crippen LogP contribution in [-0.2, 0) is 4.79 Å². The summed E-state index contributed by atoms with van der Waals surface area (Å²) < 4.78 is 0. The molecule has 1 aromatic heterocycles. The molecule has 0 saturated carbocycles. The molecule has 5 nitrogen and oxygen atoms in total. The van der Waals surface area contributed by atoms with Crippen LogP contribution in [0.2, 0.25) is 0 Å². The third kappa shape index (κ3) is 3.12. The smallest absolute Gasteiger partial charge is 0.266 e. The summed E-state index contributed by atoms with van der Waals surface area (Å²) in [6, 6.07) is 9.77. The van der Waals surface area contributed by atoms with Crippen molar-refractivity contribution in [2.75, 3.05) is 19.6 Å². The number of aromatic nitrogens is 1. The number of aryl methyl sites for hydroxylation is 1. The summed E-state index contributed by atoms with van der Waals surface area (Å²) in [5.74, 6) is 0.0501. The van der Waals surface area contributed by atoms with Gasteiger partial charge in [-0.1, -0.05) is 30.3 Å². The van der Waals surface area contributed by atoms with E-state index in [4.69, 9.17) is 0 Å². The number of thiazole rings is 1. The number of rotatable bonds is 2. The van der Waals surface area contributed by atoms with Gasteiger partial charge in [0.15, 0.2) is 0 Å². The topological polar surface area (TPSA) is 53.5 Å². The Morgan fingerprint density at radius 2 is 1.96 bits per heavy atom. The minimum atomic E-state index is -0.122. The van der Waals surface area contributed by atoms with Crippen LogP contribution in [0.15, 0.2) is 35.8 Å². The summed E-state index contributed by atoms with van der Waals surface area (Å²) in [5.41, 5.74) is 3.51. The van der Waals surface area contributed by atoms with Gasteiger partial charge in [0.05, 0.1) is 17.2 Å². The number of hydrogen-bond donors (Lipinski definition) is 0. The predicted molar refractivity (Wildman–Crippen MR) is 89.3 cm³/mol. The van der Waals surface area contributed by atoms with Gasteiger partial charge in [0.2, 0.25) is 5.91 Å². The van der Waals surface area contributed by atoms with Gasteiger partial charge in [-0.15, -0.1) is 11.3 Å². The average Bonchev–Trinajstić information content (AvgIpc) is 3.00. The zero-order valence-electron chi connectivity index (χ0n) is 13.2.